The van der Waals surface area contributed by atoms with Gasteiger partial charge in [-0.1, -0.05) is 23.7 Å². The van der Waals surface area contributed by atoms with Crippen LogP contribution in [0.1, 0.15) is 15.9 Å². The second-order valence-electron chi connectivity index (χ2n) is 4.68. The fourth-order valence-corrected chi connectivity index (χ4v) is 2.36. The van der Waals surface area contributed by atoms with E-state index in [0.717, 1.165) is 28.6 Å². The van der Waals surface area contributed by atoms with Crippen LogP contribution in [-0.4, -0.2) is 16.1 Å². The van der Waals surface area contributed by atoms with Gasteiger partial charge in [0.1, 0.15) is 0 Å². The smallest absolute Gasteiger partial charge is 0.251 e. The van der Waals surface area contributed by atoms with Crippen LogP contribution in [0.3, 0.4) is 0 Å². The maximum absolute atomic E-state index is 13.3. The molecule has 0 aliphatic carbocycles. The lowest BCUT2D eigenvalue weighted by Gasteiger charge is -2.07. The molecule has 1 aromatic heterocycles. The van der Waals surface area contributed by atoms with E-state index in [1.807, 2.05) is 18.2 Å². The zero-order valence-corrected chi connectivity index (χ0v) is 11.9. The maximum atomic E-state index is 13.3. The number of nitrogens with zero attached hydrogens (tertiary/aromatic N) is 1. The van der Waals surface area contributed by atoms with Crippen molar-refractivity contribution in [2.45, 2.75) is 6.54 Å². The summed E-state index contributed by atoms with van der Waals surface area (Å²) < 4.78 is 26.4. The standard InChI is InChI=1S/C15H10ClF2N3O/c16-11-4-9(5-12(17)14(11)18)15(22)19-6-8-2-1-3-13-10(8)7-20-21-13/h1-5,7H,6H2,(H,19,22)(H,20,21). The van der Waals surface area contributed by atoms with Crippen molar-refractivity contribution in [2.24, 2.45) is 0 Å². The van der Waals surface area contributed by atoms with Crippen LogP contribution in [0.25, 0.3) is 10.9 Å². The molecule has 3 aromatic rings. The molecule has 2 N–H and O–H groups in total. The predicted molar refractivity (Wildman–Crippen MR) is 78.6 cm³/mol. The molecule has 1 amide bonds. The number of aromatic nitrogens is 2. The highest BCUT2D eigenvalue weighted by molar-refractivity contribution is 6.31. The number of hydrogen-bond donors (Lipinski definition) is 2. The Labute approximate surface area is 129 Å². The second kappa shape index (κ2) is 5.73. The van der Waals surface area contributed by atoms with Gasteiger partial charge in [0.15, 0.2) is 11.6 Å². The van der Waals surface area contributed by atoms with Crippen molar-refractivity contribution < 1.29 is 13.6 Å². The van der Waals surface area contributed by atoms with Crippen LogP contribution in [0.15, 0.2) is 36.5 Å². The van der Waals surface area contributed by atoms with E-state index in [9.17, 15) is 13.6 Å². The number of amides is 1. The van der Waals surface area contributed by atoms with Crippen molar-refractivity contribution in [2.75, 3.05) is 0 Å². The Morgan fingerprint density at radius 3 is 2.91 bits per heavy atom. The lowest BCUT2D eigenvalue weighted by Crippen LogP contribution is -2.23. The largest absolute Gasteiger partial charge is 0.348 e. The highest BCUT2D eigenvalue weighted by Crippen LogP contribution is 2.20. The summed E-state index contributed by atoms with van der Waals surface area (Å²) in [5.41, 5.74) is 1.67. The van der Waals surface area contributed by atoms with Crippen molar-refractivity contribution in [3.8, 4) is 0 Å². The molecule has 0 atom stereocenters. The van der Waals surface area contributed by atoms with Gasteiger partial charge in [0.05, 0.1) is 16.7 Å². The average Bonchev–Trinajstić information content (AvgIpc) is 2.98. The molecule has 0 bridgehead atoms. The summed E-state index contributed by atoms with van der Waals surface area (Å²) in [6.45, 7) is 0.228. The number of halogens is 3. The number of H-pyrrole nitrogens is 1. The van der Waals surface area contributed by atoms with E-state index in [4.69, 9.17) is 11.6 Å². The average molecular weight is 322 g/mol. The number of benzene rings is 2. The number of aromatic amines is 1. The zero-order valence-electron chi connectivity index (χ0n) is 11.2. The summed E-state index contributed by atoms with van der Waals surface area (Å²) in [6.07, 6.45) is 1.66. The van der Waals surface area contributed by atoms with E-state index < -0.39 is 22.6 Å². The molecule has 112 valence electrons. The van der Waals surface area contributed by atoms with Crippen LogP contribution >= 0.6 is 11.6 Å². The Hall–Kier alpha value is -2.47. The third kappa shape index (κ3) is 2.65. The second-order valence-corrected chi connectivity index (χ2v) is 5.09. The summed E-state index contributed by atoms with van der Waals surface area (Å²) in [6, 6.07) is 7.44. The molecule has 4 nitrogen and oxygen atoms in total. The normalized spacial score (nSPS) is 10.9. The molecule has 22 heavy (non-hydrogen) atoms. The number of nitrogens with one attached hydrogen (secondary N) is 2. The third-order valence-electron chi connectivity index (χ3n) is 3.26. The Kier molecular flexibility index (Phi) is 3.77. The zero-order chi connectivity index (χ0) is 15.7. The Bertz CT molecular complexity index is 840. The summed E-state index contributed by atoms with van der Waals surface area (Å²) in [5, 5.41) is 9.86. The molecule has 2 aromatic carbocycles. The van der Waals surface area contributed by atoms with E-state index in [-0.39, 0.29) is 12.1 Å². The maximum Gasteiger partial charge on any atom is 0.251 e. The van der Waals surface area contributed by atoms with Gasteiger partial charge in [0.25, 0.3) is 5.91 Å². The molecule has 3 rings (SSSR count). The van der Waals surface area contributed by atoms with Gasteiger partial charge < -0.3 is 5.32 Å². The minimum atomic E-state index is -1.17. The van der Waals surface area contributed by atoms with Gasteiger partial charge >= 0.3 is 0 Å². The summed E-state index contributed by atoms with van der Waals surface area (Å²) in [5.74, 6) is -2.86. The van der Waals surface area contributed by atoms with Crippen LogP contribution in [0, 0.1) is 11.6 Å². The first-order chi connectivity index (χ1) is 10.6. The van der Waals surface area contributed by atoms with E-state index in [2.05, 4.69) is 15.5 Å². The number of hydrogen-bond acceptors (Lipinski definition) is 2. The number of rotatable bonds is 3. The predicted octanol–water partition coefficient (Wildman–Crippen LogP) is 3.42. The minimum Gasteiger partial charge on any atom is -0.348 e. The van der Waals surface area contributed by atoms with Gasteiger partial charge in [-0.3, -0.25) is 9.89 Å². The molecular weight excluding hydrogens is 312 g/mol. The summed E-state index contributed by atoms with van der Waals surface area (Å²) >= 11 is 5.54. The molecule has 0 saturated carbocycles. The van der Waals surface area contributed by atoms with Gasteiger partial charge in [-0.2, -0.15) is 5.10 Å². The van der Waals surface area contributed by atoms with Crippen molar-refractivity contribution in [1.82, 2.24) is 15.5 Å². The first-order valence-electron chi connectivity index (χ1n) is 6.40. The van der Waals surface area contributed by atoms with Crippen LogP contribution in [0.4, 0.5) is 8.78 Å². The first kappa shape index (κ1) is 14.5. The van der Waals surface area contributed by atoms with Gasteiger partial charge in [0, 0.05) is 17.5 Å². The van der Waals surface area contributed by atoms with E-state index in [1.54, 1.807) is 6.20 Å². The number of carbonyl (C=O) groups is 1. The first-order valence-corrected chi connectivity index (χ1v) is 6.78. The number of fused-ring (bicyclic) bond motifs is 1. The third-order valence-corrected chi connectivity index (χ3v) is 3.54. The molecule has 0 saturated heterocycles. The minimum absolute atomic E-state index is 0.0386. The van der Waals surface area contributed by atoms with E-state index in [0.29, 0.717) is 0 Å². The molecule has 7 heteroatoms. The molecular formula is C15H10ClF2N3O. The van der Waals surface area contributed by atoms with Crippen molar-refractivity contribution in [3.05, 3.63) is 64.3 Å². The fraction of sp³-hybridized carbons (Fsp3) is 0.0667. The highest BCUT2D eigenvalue weighted by atomic mass is 35.5. The lowest BCUT2D eigenvalue weighted by molar-refractivity contribution is 0.0950. The Morgan fingerprint density at radius 2 is 2.14 bits per heavy atom. The molecule has 0 aliphatic heterocycles. The Morgan fingerprint density at radius 1 is 1.32 bits per heavy atom. The van der Waals surface area contributed by atoms with Crippen LogP contribution < -0.4 is 5.32 Å². The number of carbonyl (C=O) groups excluding carboxylic acids is 1. The quantitative estimate of drug-likeness (QED) is 0.726. The van der Waals surface area contributed by atoms with Crippen molar-refractivity contribution >= 4 is 28.4 Å². The topological polar surface area (TPSA) is 57.8 Å². The van der Waals surface area contributed by atoms with Gasteiger partial charge in [-0.25, -0.2) is 8.78 Å². The van der Waals surface area contributed by atoms with Gasteiger partial charge in [-0.05, 0) is 23.8 Å². The van der Waals surface area contributed by atoms with Gasteiger partial charge in [0.2, 0.25) is 0 Å². The Balaban J connectivity index is 1.79. The summed E-state index contributed by atoms with van der Waals surface area (Å²) in [7, 11) is 0. The van der Waals surface area contributed by atoms with Crippen molar-refractivity contribution in [3.63, 3.8) is 0 Å². The molecule has 0 aliphatic rings. The monoisotopic (exact) mass is 321 g/mol. The van der Waals surface area contributed by atoms with E-state index in [1.165, 1.54) is 0 Å². The molecule has 1 heterocycles. The highest BCUT2D eigenvalue weighted by Gasteiger charge is 2.14. The molecule has 0 spiro atoms. The van der Waals surface area contributed by atoms with Crippen LogP contribution in [0.2, 0.25) is 5.02 Å². The fourth-order valence-electron chi connectivity index (χ4n) is 2.15. The summed E-state index contributed by atoms with van der Waals surface area (Å²) in [4.78, 5) is 12.0. The van der Waals surface area contributed by atoms with Crippen LogP contribution in [-0.2, 0) is 6.54 Å². The van der Waals surface area contributed by atoms with Crippen LogP contribution in [0.5, 0.6) is 0 Å². The van der Waals surface area contributed by atoms with E-state index >= 15 is 0 Å². The SMILES string of the molecule is O=C(NCc1cccc2[nH]ncc12)c1cc(F)c(F)c(Cl)c1. The molecule has 0 radical (unpaired) electrons. The van der Waals surface area contributed by atoms with Gasteiger partial charge in [-0.15, -0.1) is 0 Å². The lowest BCUT2D eigenvalue weighted by atomic mass is 10.1. The molecule has 0 unspecified atom stereocenters. The molecule has 0 fully saturated rings. The van der Waals surface area contributed by atoms with Crippen molar-refractivity contribution in [1.29, 1.82) is 0 Å².